The van der Waals surface area contributed by atoms with E-state index in [1.54, 1.807) is 12.1 Å². The minimum absolute atomic E-state index is 0.0501. The summed E-state index contributed by atoms with van der Waals surface area (Å²) in [5.74, 6) is 1.42. The predicted molar refractivity (Wildman–Crippen MR) is 102 cm³/mol. The molecule has 2 aliphatic heterocycles. The van der Waals surface area contributed by atoms with Crippen LogP contribution in [0.25, 0.3) is 0 Å². The third-order valence-corrected chi connectivity index (χ3v) is 5.73. The van der Waals surface area contributed by atoms with Crippen LogP contribution in [-0.4, -0.2) is 50.1 Å². The second-order valence-corrected chi connectivity index (χ2v) is 9.00. The number of fused-ring (bicyclic) bond motifs is 1. The fourth-order valence-corrected chi connectivity index (χ4v) is 4.19. The van der Waals surface area contributed by atoms with Gasteiger partial charge in [0.2, 0.25) is 5.82 Å². The van der Waals surface area contributed by atoms with Crippen LogP contribution in [0.5, 0.6) is 0 Å². The van der Waals surface area contributed by atoms with Crippen LogP contribution in [0.15, 0.2) is 22.8 Å². The van der Waals surface area contributed by atoms with E-state index in [0.717, 1.165) is 38.1 Å². The largest absolute Gasteiger partial charge is 0.459 e. The van der Waals surface area contributed by atoms with Crippen LogP contribution in [0.2, 0.25) is 0 Å². The summed E-state index contributed by atoms with van der Waals surface area (Å²) < 4.78 is 7.23. The van der Waals surface area contributed by atoms with E-state index in [1.807, 2.05) is 30.2 Å². The van der Waals surface area contributed by atoms with Crippen LogP contribution < -0.4 is 5.32 Å². The number of furan rings is 1. The minimum Gasteiger partial charge on any atom is -0.459 e. The lowest BCUT2D eigenvalue weighted by atomic mass is 9.73. The van der Waals surface area contributed by atoms with E-state index in [1.165, 1.54) is 6.26 Å². The summed E-state index contributed by atoms with van der Waals surface area (Å²) >= 11 is 0. The van der Waals surface area contributed by atoms with Gasteiger partial charge in [0, 0.05) is 31.6 Å². The van der Waals surface area contributed by atoms with Gasteiger partial charge >= 0.3 is 0 Å². The lowest BCUT2D eigenvalue weighted by Crippen LogP contribution is -2.47. The van der Waals surface area contributed by atoms with Gasteiger partial charge < -0.3 is 19.2 Å². The molecule has 150 valence electrons. The van der Waals surface area contributed by atoms with Crippen molar-refractivity contribution in [3.05, 3.63) is 35.8 Å². The van der Waals surface area contributed by atoms with E-state index >= 15 is 0 Å². The van der Waals surface area contributed by atoms with Crippen LogP contribution in [0.1, 0.15) is 67.0 Å². The molecule has 4 rings (SSSR count). The average molecular weight is 385 g/mol. The topological polar surface area (TPSA) is 93.3 Å². The zero-order valence-electron chi connectivity index (χ0n) is 16.7. The van der Waals surface area contributed by atoms with Crippen molar-refractivity contribution in [2.24, 2.45) is 5.41 Å². The normalized spacial score (nSPS) is 18.8. The van der Waals surface area contributed by atoms with E-state index in [9.17, 15) is 9.59 Å². The first-order valence-corrected chi connectivity index (χ1v) is 9.84. The molecule has 2 aromatic heterocycles. The number of hydrogen-bond acceptors (Lipinski definition) is 5. The number of rotatable bonds is 2. The molecule has 0 aromatic carbocycles. The van der Waals surface area contributed by atoms with Crippen molar-refractivity contribution in [3.8, 4) is 0 Å². The van der Waals surface area contributed by atoms with Gasteiger partial charge in [0.15, 0.2) is 5.76 Å². The number of piperidine rings is 1. The van der Waals surface area contributed by atoms with Gasteiger partial charge in [-0.3, -0.25) is 9.59 Å². The van der Waals surface area contributed by atoms with Crippen molar-refractivity contribution >= 4 is 11.8 Å². The van der Waals surface area contributed by atoms with E-state index < -0.39 is 0 Å². The van der Waals surface area contributed by atoms with Gasteiger partial charge in [0.05, 0.1) is 6.26 Å². The molecule has 0 aliphatic carbocycles. The summed E-state index contributed by atoms with van der Waals surface area (Å²) in [6.45, 7) is 7.97. The van der Waals surface area contributed by atoms with Crippen LogP contribution in [-0.2, 0) is 13.0 Å². The highest BCUT2D eigenvalue weighted by Gasteiger charge is 2.41. The zero-order valence-corrected chi connectivity index (χ0v) is 16.7. The Balaban J connectivity index is 1.46. The number of amides is 2. The van der Waals surface area contributed by atoms with Crippen molar-refractivity contribution in [2.75, 3.05) is 13.1 Å². The van der Waals surface area contributed by atoms with Crippen LogP contribution in [0.4, 0.5) is 0 Å². The Morgan fingerprint density at radius 3 is 2.57 bits per heavy atom. The first kappa shape index (κ1) is 18.7. The molecule has 1 spiro atoms. The van der Waals surface area contributed by atoms with Crippen molar-refractivity contribution in [2.45, 2.75) is 58.5 Å². The number of nitrogens with one attached hydrogen (secondary N) is 1. The second-order valence-electron chi connectivity index (χ2n) is 9.00. The first-order chi connectivity index (χ1) is 13.3. The molecule has 2 aliphatic rings. The fourth-order valence-electron chi connectivity index (χ4n) is 4.19. The van der Waals surface area contributed by atoms with E-state index in [-0.39, 0.29) is 22.8 Å². The zero-order chi connectivity index (χ0) is 19.9. The third kappa shape index (κ3) is 3.55. The molecule has 28 heavy (non-hydrogen) atoms. The fraction of sp³-hybridized carbons (Fsp3) is 0.600. The first-order valence-electron chi connectivity index (χ1n) is 9.84. The Morgan fingerprint density at radius 2 is 1.93 bits per heavy atom. The maximum absolute atomic E-state index is 12.6. The molecular formula is C20H27N5O3. The Kier molecular flexibility index (Phi) is 4.51. The second kappa shape index (κ2) is 6.76. The maximum Gasteiger partial charge on any atom is 0.289 e. The summed E-state index contributed by atoms with van der Waals surface area (Å²) in [5.41, 5.74) is -0.251. The number of likely N-dealkylation sites (tertiary alicyclic amines) is 1. The molecule has 8 heteroatoms. The molecule has 0 atom stereocenters. The van der Waals surface area contributed by atoms with Crippen LogP contribution in [0, 0.1) is 5.41 Å². The van der Waals surface area contributed by atoms with E-state index in [4.69, 9.17) is 4.42 Å². The molecule has 1 saturated heterocycles. The highest BCUT2D eigenvalue weighted by molar-refractivity contribution is 5.91. The molecule has 1 fully saturated rings. The standard InChI is InChI=1S/C20H27N5O3/c1-19(2,3)21-17(26)16-23-22-15-6-7-20(13-25(15)16)8-10-24(11-9-20)18(27)14-5-4-12-28-14/h4-5,12H,6-11,13H2,1-3H3,(H,21,26). The van der Waals surface area contributed by atoms with Gasteiger partial charge in [-0.15, -0.1) is 10.2 Å². The van der Waals surface area contributed by atoms with Crippen molar-refractivity contribution in [1.29, 1.82) is 0 Å². The smallest absolute Gasteiger partial charge is 0.289 e. The summed E-state index contributed by atoms with van der Waals surface area (Å²) in [6, 6.07) is 3.44. The van der Waals surface area contributed by atoms with Gasteiger partial charge in [0.25, 0.3) is 11.8 Å². The number of hydrogen-bond donors (Lipinski definition) is 1. The van der Waals surface area contributed by atoms with Gasteiger partial charge in [0.1, 0.15) is 5.82 Å². The Labute approximate surface area is 164 Å². The Morgan fingerprint density at radius 1 is 1.18 bits per heavy atom. The van der Waals surface area contributed by atoms with Crippen molar-refractivity contribution in [1.82, 2.24) is 25.0 Å². The molecule has 4 heterocycles. The van der Waals surface area contributed by atoms with Gasteiger partial charge in [-0.25, -0.2) is 0 Å². The van der Waals surface area contributed by atoms with E-state index in [2.05, 4.69) is 15.5 Å². The summed E-state index contributed by atoms with van der Waals surface area (Å²) in [7, 11) is 0. The van der Waals surface area contributed by atoms with Gasteiger partial charge in [-0.1, -0.05) is 0 Å². The number of carbonyl (C=O) groups excluding carboxylic acids is 2. The van der Waals surface area contributed by atoms with Crippen molar-refractivity contribution in [3.63, 3.8) is 0 Å². The molecule has 0 unspecified atom stereocenters. The highest BCUT2D eigenvalue weighted by atomic mass is 16.3. The lowest BCUT2D eigenvalue weighted by Gasteiger charge is -2.44. The molecule has 0 radical (unpaired) electrons. The summed E-state index contributed by atoms with van der Waals surface area (Å²) in [5, 5.41) is 11.4. The molecule has 1 N–H and O–H groups in total. The lowest BCUT2D eigenvalue weighted by molar-refractivity contribution is 0.0440. The van der Waals surface area contributed by atoms with Crippen LogP contribution in [0.3, 0.4) is 0 Å². The molecular weight excluding hydrogens is 358 g/mol. The van der Waals surface area contributed by atoms with Crippen LogP contribution >= 0.6 is 0 Å². The number of carbonyl (C=O) groups is 2. The number of aromatic nitrogens is 3. The summed E-state index contributed by atoms with van der Waals surface area (Å²) in [6.07, 6.45) is 5.14. The van der Waals surface area contributed by atoms with Crippen molar-refractivity contribution < 1.29 is 14.0 Å². The van der Waals surface area contributed by atoms with E-state index in [0.29, 0.717) is 24.7 Å². The average Bonchev–Trinajstić information content (AvgIpc) is 3.30. The molecule has 8 nitrogen and oxygen atoms in total. The monoisotopic (exact) mass is 385 g/mol. The Hall–Kier alpha value is -2.64. The number of aryl methyl sites for hydroxylation is 1. The number of nitrogens with zero attached hydrogens (tertiary/aromatic N) is 4. The predicted octanol–water partition coefficient (Wildman–Crippen LogP) is 2.27. The highest BCUT2D eigenvalue weighted by Crippen LogP contribution is 2.41. The molecule has 2 amide bonds. The van der Waals surface area contributed by atoms with Gasteiger partial charge in [-0.2, -0.15) is 0 Å². The molecule has 2 aromatic rings. The SMILES string of the molecule is CC(C)(C)NC(=O)c1nnc2n1CC1(CC2)CCN(C(=O)c2ccco2)CC1. The summed E-state index contributed by atoms with van der Waals surface area (Å²) in [4.78, 5) is 27.0. The Bertz CT molecular complexity index is 870. The molecule has 0 bridgehead atoms. The quantitative estimate of drug-likeness (QED) is 0.856. The maximum atomic E-state index is 12.6. The molecule has 0 saturated carbocycles. The minimum atomic E-state index is -0.326. The third-order valence-electron chi connectivity index (χ3n) is 5.73. The van der Waals surface area contributed by atoms with Gasteiger partial charge in [-0.05, 0) is 57.6 Å².